The third kappa shape index (κ3) is 8.24. The Labute approximate surface area is 93.8 Å². The van der Waals surface area contributed by atoms with Crippen molar-refractivity contribution in [3.05, 3.63) is 0 Å². The molecule has 0 atom stereocenters. The zero-order valence-corrected chi connectivity index (χ0v) is 9.52. The van der Waals surface area contributed by atoms with E-state index in [0.29, 0.717) is 0 Å². The van der Waals surface area contributed by atoms with Crippen LogP contribution in [0.1, 0.15) is 0 Å². The SMILES string of the molecule is O=C(OCC#CI)OCC(Cl)Cl. The molecular formula is C6H5Cl2IO3. The van der Waals surface area contributed by atoms with Crippen molar-refractivity contribution in [2.75, 3.05) is 13.2 Å². The molecule has 12 heavy (non-hydrogen) atoms. The Hall–Kier alpha value is 0.140. The van der Waals surface area contributed by atoms with Gasteiger partial charge < -0.3 is 9.47 Å². The minimum atomic E-state index is -0.819. The molecule has 68 valence electrons. The first-order chi connectivity index (χ1) is 5.66. The summed E-state index contributed by atoms with van der Waals surface area (Å²) in [5, 5.41) is 0. The molecule has 0 bridgehead atoms. The molecule has 0 rings (SSSR count). The molecule has 3 nitrogen and oxygen atoms in total. The number of rotatable bonds is 3. The Morgan fingerprint density at radius 1 is 1.50 bits per heavy atom. The van der Waals surface area contributed by atoms with E-state index >= 15 is 0 Å². The molecule has 0 aromatic carbocycles. The first kappa shape index (κ1) is 12.1. The van der Waals surface area contributed by atoms with Crippen LogP contribution in [0.3, 0.4) is 0 Å². The number of hydrogen-bond acceptors (Lipinski definition) is 3. The summed E-state index contributed by atoms with van der Waals surface area (Å²) in [5.41, 5.74) is 0. The van der Waals surface area contributed by atoms with Crippen LogP contribution in [0.15, 0.2) is 0 Å². The maximum absolute atomic E-state index is 10.6. The van der Waals surface area contributed by atoms with E-state index in [9.17, 15) is 4.79 Å². The highest BCUT2D eigenvalue weighted by atomic mass is 127. The van der Waals surface area contributed by atoms with Gasteiger partial charge in [0.1, 0.15) is 11.4 Å². The van der Waals surface area contributed by atoms with Gasteiger partial charge >= 0.3 is 6.16 Å². The van der Waals surface area contributed by atoms with Gasteiger partial charge in [0.05, 0.1) is 0 Å². The van der Waals surface area contributed by atoms with Crippen molar-refractivity contribution in [1.82, 2.24) is 0 Å². The van der Waals surface area contributed by atoms with Gasteiger partial charge in [0.15, 0.2) is 6.61 Å². The molecule has 0 aromatic heterocycles. The number of carbonyl (C=O) groups excluding carboxylic acids is 1. The average molecular weight is 323 g/mol. The predicted octanol–water partition coefficient (Wildman–Crippen LogP) is 2.34. The number of carbonyl (C=O) groups is 1. The second kappa shape index (κ2) is 7.77. The van der Waals surface area contributed by atoms with Gasteiger partial charge in [0.25, 0.3) is 0 Å². The third-order valence-electron chi connectivity index (χ3n) is 0.656. The Morgan fingerprint density at radius 2 is 2.17 bits per heavy atom. The van der Waals surface area contributed by atoms with Crippen molar-refractivity contribution in [2.45, 2.75) is 4.84 Å². The molecule has 0 radical (unpaired) electrons. The second-order valence-electron chi connectivity index (χ2n) is 1.51. The molecule has 0 unspecified atom stereocenters. The van der Waals surface area contributed by atoms with Crippen LogP contribution < -0.4 is 0 Å². The summed E-state index contributed by atoms with van der Waals surface area (Å²) < 4.78 is 11.5. The summed E-state index contributed by atoms with van der Waals surface area (Å²) in [4.78, 5) is 9.86. The number of halogens is 3. The molecule has 0 aromatic rings. The smallest absolute Gasteiger partial charge is 0.431 e. The van der Waals surface area contributed by atoms with Crippen molar-refractivity contribution in [3.8, 4) is 9.85 Å². The highest BCUT2D eigenvalue weighted by molar-refractivity contribution is 14.1. The lowest BCUT2D eigenvalue weighted by Gasteiger charge is -2.02. The standard InChI is InChI=1S/C6H5Cl2IO3/c7-5(8)4-12-6(10)11-3-1-2-9/h5H,3-4H2. The van der Waals surface area contributed by atoms with Gasteiger partial charge in [0.2, 0.25) is 0 Å². The molecule has 0 aliphatic carbocycles. The molecule has 0 amide bonds. The number of hydrogen-bond donors (Lipinski definition) is 0. The molecule has 0 aliphatic heterocycles. The molecule has 0 spiro atoms. The van der Waals surface area contributed by atoms with E-state index in [1.807, 2.05) is 22.6 Å². The van der Waals surface area contributed by atoms with E-state index in [1.165, 1.54) is 0 Å². The maximum Gasteiger partial charge on any atom is 0.509 e. The molecule has 0 heterocycles. The lowest BCUT2D eigenvalue weighted by atomic mass is 10.8. The molecular weight excluding hydrogens is 318 g/mol. The fourth-order valence-corrected chi connectivity index (χ4v) is 0.577. The number of ether oxygens (including phenoxy) is 2. The van der Waals surface area contributed by atoms with Crippen LogP contribution in [0.4, 0.5) is 4.79 Å². The van der Waals surface area contributed by atoms with Crippen LogP contribution in [0.2, 0.25) is 0 Å². The van der Waals surface area contributed by atoms with Crippen LogP contribution in [-0.2, 0) is 9.47 Å². The summed E-state index contributed by atoms with van der Waals surface area (Å²) in [5.74, 6) is 2.51. The normalized spacial score (nSPS) is 8.67. The van der Waals surface area contributed by atoms with Crippen molar-refractivity contribution in [3.63, 3.8) is 0 Å². The lowest BCUT2D eigenvalue weighted by Crippen LogP contribution is -2.11. The second-order valence-corrected chi connectivity index (χ2v) is 3.33. The average Bonchev–Trinajstić information content (AvgIpc) is 2.01. The lowest BCUT2D eigenvalue weighted by molar-refractivity contribution is 0.0677. The van der Waals surface area contributed by atoms with E-state index in [0.717, 1.165) is 0 Å². The Bertz CT molecular complexity index is 197. The van der Waals surface area contributed by atoms with E-state index in [2.05, 4.69) is 19.3 Å². The van der Waals surface area contributed by atoms with Crippen LogP contribution >= 0.6 is 45.8 Å². The zero-order valence-electron chi connectivity index (χ0n) is 5.85. The Kier molecular flexibility index (Phi) is 7.86. The van der Waals surface area contributed by atoms with Crippen molar-refractivity contribution < 1.29 is 14.3 Å². The van der Waals surface area contributed by atoms with Gasteiger partial charge in [-0.1, -0.05) is 5.92 Å². The van der Waals surface area contributed by atoms with Crippen molar-refractivity contribution in [2.24, 2.45) is 0 Å². The molecule has 6 heteroatoms. The first-order valence-electron chi connectivity index (χ1n) is 2.83. The topological polar surface area (TPSA) is 35.5 Å². The Morgan fingerprint density at radius 3 is 2.67 bits per heavy atom. The van der Waals surface area contributed by atoms with Crippen molar-refractivity contribution >= 4 is 51.9 Å². The van der Waals surface area contributed by atoms with Gasteiger partial charge in [-0.25, -0.2) is 4.79 Å². The Balaban J connectivity index is 3.38. The van der Waals surface area contributed by atoms with Crippen LogP contribution in [-0.4, -0.2) is 24.2 Å². The fourth-order valence-electron chi connectivity index (χ4n) is 0.295. The summed E-state index contributed by atoms with van der Waals surface area (Å²) in [6, 6.07) is 0. The van der Waals surface area contributed by atoms with Gasteiger partial charge in [0, 0.05) is 22.6 Å². The van der Waals surface area contributed by atoms with Gasteiger partial charge in [-0.3, -0.25) is 0 Å². The van der Waals surface area contributed by atoms with E-state index in [4.69, 9.17) is 23.2 Å². The fraction of sp³-hybridized carbons (Fsp3) is 0.500. The van der Waals surface area contributed by atoms with Crippen molar-refractivity contribution in [1.29, 1.82) is 0 Å². The first-order valence-corrected chi connectivity index (χ1v) is 4.78. The van der Waals surface area contributed by atoms with E-state index in [-0.39, 0.29) is 13.2 Å². The summed E-state index contributed by atoms with van der Waals surface area (Å²) in [7, 11) is 0. The highest BCUT2D eigenvalue weighted by Gasteiger charge is 2.05. The monoisotopic (exact) mass is 322 g/mol. The van der Waals surface area contributed by atoms with Gasteiger partial charge in [-0.2, -0.15) is 0 Å². The molecule has 0 N–H and O–H groups in total. The molecule has 0 aliphatic rings. The molecule has 0 saturated heterocycles. The highest BCUT2D eigenvalue weighted by Crippen LogP contribution is 2.01. The van der Waals surface area contributed by atoms with Crippen LogP contribution in [0.25, 0.3) is 0 Å². The maximum atomic E-state index is 10.6. The van der Waals surface area contributed by atoms with Crippen LogP contribution in [0, 0.1) is 9.85 Å². The predicted molar refractivity (Wildman–Crippen MR) is 54.6 cm³/mol. The van der Waals surface area contributed by atoms with Gasteiger partial charge in [-0.15, -0.1) is 23.2 Å². The molecule has 0 saturated carbocycles. The third-order valence-corrected chi connectivity index (χ3v) is 1.29. The van der Waals surface area contributed by atoms with E-state index in [1.54, 1.807) is 0 Å². The largest absolute Gasteiger partial charge is 0.509 e. The quantitative estimate of drug-likeness (QED) is 0.346. The summed E-state index contributed by atoms with van der Waals surface area (Å²) in [6.07, 6.45) is -0.819. The summed E-state index contributed by atoms with van der Waals surface area (Å²) in [6.45, 7) is -0.0728. The minimum absolute atomic E-state index is 0.0109. The summed E-state index contributed by atoms with van der Waals surface area (Å²) >= 11 is 12.4. The molecule has 0 fully saturated rings. The van der Waals surface area contributed by atoms with Crippen LogP contribution in [0.5, 0.6) is 0 Å². The van der Waals surface area contributed by atoms with E-state index < -0.39 is 11.0 Å². The van der Waals surface area contributed by atoms with Gasteiger partial charge in [-0.05, 0) is 3.93 Å². The number of alkyl halides is 2. The zero-order chi connectivity index (χ0) is 9.40. The minimum Gasteiger partial charge on any atom is -0.431 e.